The summed E-state index contributed by atoms with van der Waals surface area (Å²) in [6.45, 7) is -0.301. The molecule has 0 saturated carbocycles. The first-order chi connectivity index (χ1) is 10.1. The van der Waals surface area contributed by atoms with E-state index in [9.17, 15) is 14.7 Å². The highest BCUT2D eigenvalue weighted by Crippen LogP contribution is 2.13. The minimum Gasteiger partial charge on any atom is -0.478 e. The van der Waals surface area contributed by atoms with Gasteiger partial charge in [-0.1, -0.05) is 30.3 Å². The van der Waals surface area contributed by atoms with E-state index in [0.717, 1.165) is 5.56 Å². The monoisotopic (exact) mass is 286 g/mol. The van der Waals surface area contributed by atoms with Crippen LogP contribution in [0.5, 0.6) is 0 Å². The van der Waals surface area contributed by atoms with Crippen LogP contribution >= 0.6 is 0 Å². The van der Waals surface area contributed by atoms with E-state index in [1.807, 2.05) is 6.07 Å². The number of aromatic nitrogens is 1. The number of rotatable bonds is 5. The molecule has 2 rings (SSSR count). The molecule has 21 heavy (non-hydrogen) atoms. The maximum absolute atomic E-state index is 12.2. The highest BCUT2D eigenvalue weighted by Gasteiger charge is 2.20. The van der Waals surface area contributed by atoms with Gasteiger partial charge in [0, 0.05) is 6.20 Å². The molecular weight excluding hydrogens is 272 g/mol. The molecule has 1 aromatic carbocycles. The topological polar surface area (TPSA) is 99.5 Å². The van der Waals surface area contributed by atoms with Crippen molar-refractivity contribution < 1.29 is 19.8 Å². The number of aromatic carboxylic acids is 1. The van der Waals surface area contributed by atoms with E-state index in [4.69, 9.17) is 5.11 Å². The molecule has 0 radical (unpaired) electrons. The van der Waals surface area contributed by atoms with Gasteiger partial charge in [-0.15, -0.1) is 0 Å². The lowest BCUT2D eigenvalue weighted by Crippen LogP contribution is -2.32. The number of aliphatic hydroxyl groups excluding tert-OH is 1. The number of carbonyl (C=O) groups excluding carboxylic acids is 1. The molecule has 3 N–H and O–H groups in total. The Morgan fingerprint density at radius 1 is 1.14 bits per heavy atom. The highest BCUT2D eigenvalue weighted by atomic mass is 16.4. The largest absolute Gasteiger partial charge is 0.478 e. The third kappa shape index (κ3) is 3.43. The van der Waals surface area contributed by atoms with Crippen molar-refractivity contribution in [3.05, 3.63) is 65.5 Å². The third-order valence-electron chi connectivity index (χ3n) is 2.94. The zero-order valence-corrected chi connectivity index (χ0v) is 11.1. The Labute approximate surface area is 121 Å². The second-order valence-corrected chi connectivity index (χ2v) is 4.32. The zero-order chi connectivity index (χ0) is 15.2. The molecule has 0 aliphatic carbocycles. The number of pyridine rings is 1. The number of nitrogens with zero attached hydrogens (tertiary/aromatic N) is 1. The molecule has 0 bridgehead atoms. The molecule has 0 aliphatic rings. The molecule has 0 aliphatic heterocycles. The van der Waals surface area contributed by atoms with Crippen molar-refractivity contribution in [3.63, 3.8) is 0 Å². The van der Waals surface area contributed by atoms with Crippen LogP contribution in [0.2, 0.25) is 0 Å². The fourth-order valence-electron chi connectivity index (χ4n) is 1.91. The van der Waals surface area contributed by atoms with Crippen molar-refractivity contribution in [2.75, 3.05) is 6.61 Å². The van der Waals surface area contributed by atoms with Gasteiger partial charge in [-0.05, 0) is 17.7 Å². The average Bonchev–Trinajstić information content (AvgIpc) is 2.53. The minimum atomic E-state index is -1.23. The second-order valence-electron chi connectivity index (χ2n) is 4.32. The predicted octanol–water partition coefficient (Wildman–Crippen LogP) is 1.24. The van der Waals surface area contributed by atoms with E-state index in [1.165, 1.54) is 18.3 Å². The Kier molecular flexibility index (Phi) is 4.63. The number of benzene rings is 1. The first-order valence-corrected chi connectivity index (χ1v) is 6.28. The Hall–Kier alpha value is -2.73. The Morgan fingerprint density at radius 2 is 1.86 bits per heavy atom. The Bertz CT molecular complexity index is 643. The number of nitrogens with one attached hydrogen (secondary N) is 1. The van der Waals surface area contributed by atoms with E-state index in [1.54, 1.807) is 24.3 Å². The summed E-state index contributed by atoms with van der Waals surface area (Å²) in [6.07, 6.45) is 1.35. The van der Waals surface area contributed by atoms with Crippen molar-refractivity contribution in [2.45, 2.75) is 6.04 Å². The first kappa shape index (κ1) is 14.7. The normalized spacial score (nSPS) is 11.7. The SMILES string of the molecule is O=C(O)c1cccnc1C(=O)N[C@H](CO)c1ccccc1. The molecule has 1 atom stereocenters. The first-order valence-electron chi connectivity index (χ1n) is 6.28. The van der Waals surface area contributed by atoms with Crippen LogP contribution in [0.15, 0.2) is 48.7 Å². The summed E-state index contributed by atoms with van der Waals surface area (Å²) in [6, 6.07) is 11.0. The maximum Gasteiger partial charge on any atom is 0.338 e. The van der Waals surface area contributed by atoms with Crippen molar-refractivity contribution in [1.29, 1.82) is 0 Å². The molecule has 1 aromatic heterocycles. The summed E-state index contributed by atoms with van der Waals surface area (Å²) >= 11 is 0. The third-order valence-corrected chi connectivity index (χ3v) is 2.94. The lowest BCUT2D eigenvalue weighted by molar-refractivity contribution is 0.0689. The number of amides is 1. The molecule has 0 fully saturated rings. The number of carbonyl (C=O) groups is 2. The number of carboxylic acids is 1. The summed E-state index contributed by atoms with van der Waals surface area (Å²) in [5, 5.41) is 21.0. The molecule has 0 saturated heterocycles. The van der Waals surface area contributed by atoms with Crippen LogP contribution in [-0.4, -0.2) is 33.7 Å². The molecule has 108 valence electrons. The van der Waals surface area contributed by atoms with Gasteiger partial charge in [0.25, 0.3) is 5.91 Å². The van der Waals surface area contributed by atoms with Crippen molar-refractivity contribution in [1.82, 2.24) is 10.3 Å². The van der Waals surface area contributed by atoms with Crippen LogP contribution in [0.1, 0.15) is 32.5 Å². The van der Waals surface area contributed by atoms with Crippen molar-refractivity contribution >= 4 is 11.9 Å². The summed E-state index contributed by atoms with van der Waals surface area (Å²) < 4.78 is 0. The molecule has 2 aromatic rings. The van der Waals surface area contributed by atoms with Gasteiger partial charge >= 0.3 is 5.97 Å². The summed E-state index contributed by atoms with van der Waals surface area (Å²) in [4.78, 5) is 27.1. The second kappa shape index (κ2) is 6.62. The predicted molar refractivity (Wildman–Crippen MR) is 74.9 cm³/mol. The van der Waals surface area contributed by atoms with Crippen molar-refractivity contribution in [3.8, 4) is 0 Å². The highest BCUT2D eigenvalue weighted by molar-refractivity contribution is 6.03. The number of aliphatic hydroxyl groups is 1. The van der Waals surface area contributed by atoms with Crippen LogP contribution in [0.3, 0.4) is 0 Å². The molecule has 1 heterocycles. The van der Waals surface area contributed by atoms with Gasteiger partial charge in [0.15, 0.2) is 0 Å². The molecular formula is C15H14N2O4. The molecule has 0 unspecified atom stereocenters. The Balaban J connectivity index is 2.23. The molecule has 6 heteroatoms. The zero-order valence-electron chi connectivity index (χ0n) is 11.1. The summed E-state index contributed by atoms with van der Waals surface area (Å²) in [7, 11) is 0. The Morgan fingerprint density at radius 3 is 2.48 bits per heavy atom. The standard InChI is InChI=1S/C15H14N2O4/c18-9-12(10-5-2-1-3-6-10)17-14(19)13-11(15(20)21)7-4-8-16-13/h1-8,12,18H,9H2,(H,17,19)(H,20,21)/t12-/m1/s1. The van der Waals surface area contributed by atoms with E-state index < -0.39 is 17.9 Å². The molecule has 1 amide bonds. The van der Waals surface area contributed by atoms with E-state index in [-0.39, 0.29) is 17.9 Å². The number of hydrogen-bond donors (Lipinski definition) is 3. The van der Waals surface area contributed by atoms with Gasteiger partial charge in [-0.3, -0.25) is 9.78 Å². The van der Waals surface area contributed by atoms with E-state index in [2.05, 4.69) is 10.3 Å². The molecule has 6 nitrogen and oxygen atoms in total. The van der Waals surface area contributed by atoms with E-state index in [0.29, 0.717) is 0 Å². The van der Waals surface area contributed by atoms with Crippen LogP contribution in [0, 0.1) is 0 Å². The minimum absolute atomic E-state index is 0.181. The van der Waals surface area contributed by atoms with Gasteiger partial charge in [0.05, 0.1) is 18.2 Å². The average molecular weight is 286 g/mol. The van der Waals surface area contributed by atoms with Gasteiger partial charge in [0.2, 0.25) is 0 Å². The van der Waals surface area contributed by atoms with Crippen LogP contribution in [-0.2, 0) is 0 Å². The summed E-state index contributed by atoms with van der Waals surface area (Å²) in [5.41, 5.74) is 0.361. The smallest absolute Gasteiger partial charge is 0.338 e. The van der Waals surface area contributed by atoms with Gasteiger partial charge in [0.1, 0.15) is 5.69 Å². The van der Waals surface area contributed by atoms with Crippen LogP contribution < -0.4 is 5.32 Å². The van der Waals surface area contributed by atoms with Gasteiger partial charge in [-0.25, -0.2) is 4.79 Å². The fraction of sp³-hybridized carbons (Fsp3) is 0.133. The fourth-order valence-corrected chi connectivity index (χ4v) is 1.91. The van der Waals surface area contributed by atoms with E-state index >= 15 is 0 Å². The van der Waals surface area contributed by atoms with Crippen LogP contribution in [0.4, 0.5) is 0 Å². The maximum atomic E-state index is 12.2. The van der Waals surface area contributed by atoms with Crippen molar-refractivity contribution in [2.24, 2.45) is 0 Å². The number of hydrogen-bond acceptors (Lipinski definition) is 4. The van der Waals surface area contributed by atoms with Gasteiger partial charge in [-0.2, -0.15) is 0 Å². The lowest BCUT2D eigenvalue weighted by atomic mass is 10.1. The van der Waals surface area contributed by atoms with Crippen LogP contribution in [0.25, 0.3) is 0 Å². The quantitative estimate of drug-likeness (QED) is 0.768. The van der Waals surface area contributed by atoms with Gasteiger partial charge < -0.3 is 15.5 Å². The summed E-state index contributed by atoms with van der Waals surface area (Å²) in [5.74, 6) is -1.87. The lowest BCUT2D eigenvalue weighted by Gasteiger charge is -2.16. The number of carboxylic acid groups (broad SMARTS) is 1. The molecule has 0 spiro atoms.